The molecule has 1 saturated carbocycles. The van der Waals surface area contributed by atoms with E-state index in [-0.39, 0.29) is 31.5 Å². The Balaban J connectivity index is 3.40. The summed E-state index contributed by atoms with van der Waals surface area (Å²) in [4.78, 5) is 62.6. The number of aliphatic carboxylic acids is 1. The fraction of sp³-hybridized carbons (Fsp3) is 0.792. The van der Waals surface area contributed by atoms with Gasteiger partial charge < -0.3 is 39.8 Å². The summed E-state index contributed by atoms with van der Waals surface area (Å²) in [5.41, 5.74) is -2.71. The standard InChI is InChI=1S/C24H38O12/c1-14(27)5-6-17(20(31)21(32)36-13-16(29)11-26)23(2)7-4-8-24(3,22(33)34)18(23)9-19(30)35-12-15(28)10-25/h15-18,25-26,28-29H,4-13H2,1-3H3,(H,33,34)/t15?,16?,17-,18?,23+,24+/m0/s1. The van der Waals surface area contributed by atoms with Gasteiger partial charge in [-0.1, -0.05) is 13.3 Å². The van der Waals surface area contributed by atoms with Gasteiger partial charge in [0, 0.05) is 18.8 Å². The molecule has 0 aliphatic heterocycles. The normalized spacial score (nSPS) is 26.4. The zero-order valence-corrected chi connectivity index (χ0v) is 21.0. The minimum absolute atomic E-state index is 0.0812. The zero-order chi connectivity index (χ0) is 27.7. The van der Waals surface area contributed by atoms with Gasteiger partial charge in [0.25, 0.3) is 0 Å². The van der Waals surface area contributed by atoms with Crippen molar-refractivity contribution in [1.29, 1.82) is 0 Å². The van der Waals surface area contributed by atoms with Crippen molar-refractivity contribution in [1.82, 2.24) is 0 Å². The molecule has 0 radical (unpaired) electrons. The number of hydrogen-bond donors (Lipinski definition) is 5. The van der Waals surface area contributed by atoms with Crippen molar-refractivity contribution in [2.75, 3.05) is 26.4 Å². The summed E-state index contributed by atoms with van der Waals surface area (Å²) in [7, 11) is 0. The molecular weight excluding hydrogens is 480 g/mol. The summed E-state index contributed by atoms with van der Waals surface area (Å²) in [5.74, 6) is -6.80. The van der Waals surface area contributed by atoms with E-state index in [1.807, 2.05) is 0 Å². The van der Waals surface area contributed by atoms with Crippen LogP contribution in [0.3, 0.4) is 0 Å². The Hall–Kier alpha value is -2.41. The Morgan fingerprint density at radius 3 is 2.00 bits per heavy atom. The van der Waals surface area contributed by atoms with Gasteiger partial charge in [-0.2, -0.15) is 0 Å². The Bertz CT molecular complexity index is 811. The molecule has 1 fully saturated rings. The van der Waals surface area contributed by atoms with Crippen LogP contribution in [0.4, 0.5) is 0 Å². The van der Waals surface area contributed by atoms with E-state index in [1.165, 1.54) is 13.8 Å². The van der Waals surface area contributed by atoms with Crippen LogP contribution in [0.25, 0.3) is 0 Å². The summed E-state index contributed by atoms with van der Waals surface area (Å²) in [6.45, 7) is 1.89. The summed E-state index contributed by atoms with van der Waals surface area (Å²) >= 11 is 0. The van der Waals surface area contributed by atoms with Crippen molar-refractivity contribution in [2.24, 2.45) is 22.7 Å². The highest BCUT2D eigenvalue weighted by molar-refractivity contribution is 6.34. The van der Waals surface area contributed by atoms with Crippen molar-refractivity contribution in [2.45, 2.75) is 71.5 Å². The molecule has 0 aromatic heterocycles. The van der Waals surface area contributed by atoms with Crippen LogP contribution in [0, 0.1) is 22.7 Å². The molecule has 5 N–H and O–H groups in total. The molecule has 206 valence electrons. The number of carbonyl (C=O) groups excluding carboxylic acids is 4. The molecule has 6 atom stereocenters. The van der Waals surface area contributed by atoms with Crippen molar-refractivity contribution in [3.05, 3.63) is 0 Å². The third-order valence-corrected chi connectivity index (χ3v) is 7.20. The van der Waals surface area contributed by atoms with Gasteiger partial charge in [0.2, 0.25) is 5.78 Å². The van der Waals surface area contributed by atoms with Gasteiger partial charge >= 0.3 is 17.9 Å². The number of Topliss-reactive ketones (excluding diaryl/α,β-unsaturated/α-hetero) is 2. The van der Waals surface area contributed by atoms with Gasteiger partial charge in [0.05, 0.1) is 18.6 Å². The second-order valence-corrected chi connectivity index (χ2v) is 9.95. The monoisotopic (exact) mass is 518 g/mol. The Morgan fingerprint density at radius 1 is 0.944 bits per heavy atom. The SMILES string of the molecule is CC(=O)CC[C@@H](C(=O)C(=O)OCC(O)CO)[C@@]1(C)CCC[C@@](C)(C(=O)O)C1CC(=O)OCC(O)CO. The van der Waals surface area contributed by atoms with Crippen LogP contribution < -0.4 is 0 Å². The van der Waals surface area contributed by atoms with Gasteiger partial charge in [-0.25, -0.2) is 4.79 Å². The molecule has 0 aromatic carbocycles. The number of carboxylic acid groups (broad SMARTS) is 1. The maximum atomic E-state index is 13.3. The first-order valence-electron chi connectivity index (χ1n) is 11.9. The van der Waals surface area contributed by atoms with Crippen molar-refractivity contribution in [3.63, 3.8) is 0 Å². The molecule has 3 unspecified atom stereocenters. The van der Waals surface area contributed by atoms with Gasteiger partial charge in [0.15, 0.2) is 0 Å². The van der Waals surface area contributed by atoms with Gasteiger partial charge in [-0.15, -0.1) is 0 Å². The molecule has 36 heavy (non-hydrogen) atoms. The van der Waals surface area contributed by atoms with E-state index < -0.39 is 91.4 Å². The number of ether oxygens (including phenoxy) is 2. The average molecular weight is 519 g/mol. The number of aliphatic hydroxyl groups excluding tert-OH is 4. The topological polar surface area (TPSA) is 205 Å². The van der Waals surface area contributed by atoms with E-state index >= 15 is 0 Å². The zero-order valence-electron chi connectivity index (χ0n) is 21.0. The van der Waals surface area contributed by atoms with E-state index in [4.69, 9.17) is 19.7 Å². The van der Waals surface area contributed by atoms with E-state index in [9.17, 15) is 39.3 Å². The fourth-order valence-corrected chi connectivity index (χ4v) is 5.06. The lowest BCUT2D eigenvalue weighted by Gasteiger charge is -2.52. The van der Waals surface area contributed by atoms with E-state index in [2.05, 4.69) is 0 Å². The molecule has 0 saturated heterocycles. The maximum absolute atomic E-state index is 13.3. The molecule has 0 spiro atoms. The largest absolute Gasteiger partial charge is 0.481 e. The number of carboxylic acids is 1. The molecule has 12 heteroatoms. The number of esters is 2. The van der Waals surface area contributed by atoms with Crippen LogP contribution in [0.5, 0.6) is 0 Å². The predicted molar refractivity (Wildman–Crippen MR) is 122 cm³/mol. The van der Waals surface area contributed by atoms with Crippen LogP contribution in [0.2, 0.25) is 0 Å². The number of rotatable bonds is 15. The van der Waals surface area contributed by atoms with Crippen molar-refractivity contribution in [3.8, 4) is 0 Å². The van der Waals surface area contributed by atoms with Gasteiger partial charge in [0.1, 0.15) is 31.2 Å². The predicted octanol–water partition coefficient (Wildman–Crippen LogP) is -0.379. The molecular formula is C24H38O12. The maximum Gasteiger partial charge on any atom is 0.375 e. The van der Waals surface area contributed by atoms with Crippen LogP contribution in [-0.4, -0.2) is 93.6 Å². The highest BCUT2D eigenvalue weighted by Gasteiger charge is 2.58. The first-order chi connectivity index (χ1) is 16.7. The van der Waals surface area contributed by atoms with Crippen LogP contribution in [-0.2, 0) is 33.4 Å². The second-order valence-electron chi connectivity index (χ2n) is 9.95. The first-order valence-corrected chi connectivity index (χ1v) is 11.9. The van der Waals surface area contributed by atoms with Crippen LogP contribution >= 0.6 is 0 Å². The quantitative estimate of drug-likeness (QED) is 0.139. The minimum Gasteiger partial charge on any atom is -0.481 e. The highest BCUT2D eigenvalue weighted by Crippen LogP contribution is 2.57. The summed E-state index contributed by atoms with van der Waals surface area (Å²) < 4.78 is 9.83. The molecule has 12 nitrogen and oxygen atoms in total. The third-order valence-electron chi connectivity index (χ3n) is 7.20. The highest BCUT2D eigenvalue weighted by atomic mass is 16.6. The first kappa shape index (κ1) is 31.6. The smallest absolute Gasteiger partial charge is 0.375 e. The molecule has 0 bridgehead atoms. The van der Waals surface area contributed by atoms with Crippen LogP contribution in [0.15, 0.2) is 0 Å². The summed E-state index contributed by atoms with van der Waals surface area (Å²) in [5, 5.41) is 46.9. The average Bonchev–Trinajstić information content (AvgIpc) is 2.82. The summed E-state index contributed by atoms with van der Waals surface area (Å²) in [6, 6.07) is 0. The lowest BCUT2D eigenvalue weighted by Crippen LogP contribution is -2.54. The summed E-state index contributed by atoms with van der Waals surface area (Å²) in [6.07, 6.45) is -2.49. The third kappa shape index (κ3) is 8.05. The van der Waals surface area contributed by atoms with Crippen molar-refractivity contribution >= 4 is 29.5 Å². The van der Waals surface area contributed by atoms with E-state index in [1.54, 1.807) is 6.92 Å². The van der Waals surface area contributed by atoms with Crippen LogP contribution in [0.1, 0.15) is 59.3 Å². The molecule has 1 rings (SSSR count). The number of aliphatic hydroxyl groups is 4. The fourth-order valence-electron chi connectivity index (χ4n) is 5.06. The van der Waals surface area contributed by atoms with Gasteiger partial charge in [-0.05, 0) is 44.4 Å². The Labute approximate surface area is 209 Å². The lowest BCUT2D eigenvalue weighted by molar-refractivity contribution is -0.174. The lowest BCUT2D eigenvalue weighted by atomic mass is 9.50. The molecule has 0 amide bonds. The van der Waals surface area contributed by atoms with Gasteiger partial charge in [-0.3, -0.25) is 14.4 Å². The molecule has 1 aliphatic carbocycles. The Morgan fingerprint density at radius 2 is 1.50 bits per heavy atom. The molecule has 0 aromatic rings. The van der Waals surface area contributed by atoms with Crippen molar-refractivity contribution < 1.29 is 59.0 Å². The molecule has 0 heterocycles. The number of ketones is 2. The van der Waals surface area contributed by atoms with E-state index in [0.29, 0.717) is 6.42 Å². The number of carbonyl (C=O) groups is 5. The number of hydrogen-bond acceptors (Lipinski definition) is 11. The molecule has 1 aliphatic rings. The second kappa shape index (κ2) is 13.8. The van der Waals surface area contributed by atoms with E-state index in [0.717, 1.165) is 0 Å². The Kier molecular flexibility index (Phi) is 12.1. The minimum atomic E-state index is -1.48.